The molecule has 7 nitrogen and oxygen atoms in total. The van der Waals surface area contributed by atoms with E-state index in [9.17, 15) is 19.5 Å². The second-order valence-corrected chi connectivity index (χ2v) is 9.15. The molecule has 2 heterocycles. The molecule has 33 heavy (non-hydrogen) atoms. The number of benzene rings is 1. The molecule has 3 rings (SSSR count). The lowest BCUT2D eigenvalue weighted by atomic mass is 9.97. The number of unbranched alkanes of at least 4 members (excludes halogenated alkanes) is 5. The van der Waals surface area contributed by atoms with Crippen LogP contribution >= 0.6 is 0 Å². The largest absolute Gasteiger partial charge is 0.396 e. The van der Waals surface area contributed by atoms with Crippen LogP contribution in [0.5, 0.6) is 0 Å². The third-order valence-electron chi connectivity index (χ3n) is 6.47. The van der Waals surface area contributed by atoms with Crippen molar-refractivity contribution in [3.8, 4) is 0 Å². The summed E-state index contributed by atoms with van der Waals surface area (Å²) in [7, 11) is 0. The molecule has 0 radical (unpaired) electrons. The lowest BCUT2D eigenvalue weighted by Gasteiger charge is -2.34. The predicted octanol–water partition coefficient (Wildman–Crippen LogP) is 3.79. The Bertz CT molecular complexity index is 878. The normalized spacial score (nSPS) is 18.9. The summed E-state index contributed by atoms with van der Waals surface area (Å²) in [5.74, 6) is -0.538. The van der Waals surface area contributed by atoms with E-state index in [1.54, 1.807) is 24.3 Å². The summed E-state index contributed by atoms with van der Waals surface area (Å²) in [6.45, 7) is 5.40. The highest BCUT2D eigenvalue weighted by Crippen LogP contribution is 2.34. The van der Waals surface area contributed by atoms with Crippen LogP contribution in [-0.2, 0) is 14.4 Å². The van der Waals surface area contributed by atoms with Gasteiger partial charge < -0.3 is 15.3 Å². The minimum atomic E-state index is -0.248. The van der Waals surface area contributed by atoms with Gasteiger partial charge in [-0.15, -0.1) is 0 Å². The number of carbonyl (C=O) groups is 3. The number of likely N-dealkylation sites (tertiary alicyclic amines) is 1. The van der Waals surface area contributed by atoms with Crippen LogP contribution in [0.3, 0.4) is 0 Å². The van der Waals surface area contributed by atoms with Crippen LogP contribution in [-0.4, -0.2) is 58.9 Å². The van der Waals surface area contributed by atoms with E-state index in [-0.39, 0.29) is 30.2 Å². The molecule has 1 unspecified atom stereocenters. The molecule has 1 saturated heterocycles. The van der Waals surface area contributed by atoms with Crippen molar-refractivity contribution in [1.29, 1.82) is 0 Å². The number of aliphatic hydroxyl groups is 1. The topological polar surface area (TPSA) is 90.0 Å². The molecule has 3 amide bonds. The number of rotatable bonds is 11. The highest BCUT2D eigenvalue weighted by Gasteiger charge is 2.42. The number of nitrogens with one attached hydrogen (secondary N) is 1. The number of carbonyl (C=O) groups excluding carboxylic acids is 3. The molecule has 1 atom stereocenters. The molecule has 0 aliphatic carbocycles. The standard InChI is InChI=1S/C26H37N3O4/c1-3-4-5-6-7-8-16-29-25(32)23(21-11-13-22(14-12-21)27-19(2)31)24(26(29)33)28-15-9-10-20(17-28)18-30/h11-14,20,30H,3-10,15-18H2,1-2H3,(H,27,31). The van der Waals surface area contributed by atoms with Crippen LogP contribution in [0.1, 0.15) is 70.8 Å². The average Bonchev–Trinajstić information content (AvgIpc) is 3.06. The van der Waals surface area contributed by atoms with Gasteiger partial charge in [-0.1, -0.05) is 51.2 Å². The molecule has 0 saturated carbocycles. The van der Waals surface area contributed by atoms with Crippen LogP contribution in [0.4, 0.5) is 5.69 Å². The zero-order valence-corrected chi connectivity index (χ0v) is 19.9. The van der Waals surface area contributed by atoms with Crippen LogP contribution in [0.25, 0.3) is 5.57 Å². The first kappa shape index (κ1) is 25.0. The van der Waals surface area contributed by atoms with Crippen LogP contribution < -0.4 is 5.32 Å². The second-order valence-electron chi connectivity index (χ2n) is 9.15. The Morgan fingerprint density at radius 2 is 1.76 bits per heavy atom. The molecule has 1 fully saturated rings. The van der Waals surface area contributed by atoms with Crippen molar-refractivity contribution in [2.45, 2.75) is 65.2 Å². The first-order valence-electron chi connectivity index (χ1n) is 12.3. The van der Waals surface area contributed by atoms with Gasteiger partial charge in [0.15, 0.2) is 0 Å². The van der Waals surface area contributed by atoms with E-state index in [1.807, 2.05) is 4.90 Å². The minimum absolute atomic E-state index is 0.0775. The highest BCUT2D eigenvalue weighted by atomic mass is 16.3. The molecule has 0 spiro atoms. The van der Waals surface area contributed by atoms with Gasteiger partial charge in [-0.2, -0.15) is 0 Å². The Hall–Kier alpha value is -2.67. The first-order valence-corrected chi connectivity index (χ1v) is 12.3. The second kappa shape index (κ2) is 12.0. The fraction of sp³-hybridized carbons (Fsp3) is 0.577. The molecule has 1 aromatic rings. The molecule has 0 aromatic heterocycles. The van der Waals surface area contributed by atoms with Gasteiger partial charge in [0.1, 0.15) is 5.70 Å². The zero-order valence-electron chi connectivity index (χ0n) is 19.9. The number of amides is 3. The molecule has 1 aromatic carbocycles. The van der Waals surface area contributed by atoms with Gasteiger partial charge >= 0.3 is 0 Å². The molecule has 2 N–H and O–H groups in total. The maximum absolute atomic E-state index is 13.5. The average molecular weight is 456 g/mol. The Morgan fingerprint density at radius 3 is 2.42 bits per heavy atom. The number of aliphatic hydroxyl groups excluding tert-OH is 1. The maximum Gasteiger partial charge on any atom is 0.277 e. The minimum Gasteiger partial charge on any atom is -0.396 e. The molecule has 2 aliphatic heterocycles. The van der Waals surface area contributed by atoms with Crippen molar-refractivity contribution in [3.05, 3.63) is 35.5 Å². The fourth-order valence-corrected chi connectivity index (χ4v) is 4.71. The van der Waals surface area contributed by atoms with Crippen LogP contribution in [0.2, 0.25) is 0 Å². The quantitative estimate of drug-likeness (QED) is 0.391. The summed E-state index contributed by atoms with van der Waals surface area (Å²) in [5.41, 5.74) is 2.21. The van der Waals surface area contributed by atoms with Gasteiger partial charge in [-0.3, -0.25) is 19.3 Å². The fourth-order valence-electron chi connectivity index (χ4n) is 4.71. The number of piperidine rings is 1. The van der Waals surface area contributed by atoms with Crippen molar-refractivity contribution in [3.63, 3.8) is 0 Å². The lowest BCUT2D eigenvalue weighted by molar-refractivity contribution is -0.137. The summed E-state index contributed by atoms with van der Waals surface area (Å²) in [5, 5.41) is 12.4. The van der Waals surface area contributed by atoms with E-state index < -0.39 is 0 Å². The van der Waals surface area contributed by atoms with Gasteiger partial charge in [0.25, 0.3) is 11.8 Å². The van der Waals surface area contributed by atoms with Gasteiger partial charge in [-0.05, 0) is 42.9 Å². The molecule has 0 bridgehead atoms. The van der Waals surface area contributed by atoms with Crippen LogP contribution in [0.15, 0.2) is 30.0 Å². The summed E-state index contributed by atoms with van der Waals surface area (Å²) in [4.78, 5) is 41.6. The number of imide groups is 1. The molecular weight excluding hydrogens is 418 g/mol. The lowest BCUT2D eigenvalue weighted by Crippen LogP contribution is -2.40. The van der Waals surface area contributed by atoms with Crippen molar-refractivity contribution < 1.29 is 19.5 Å². The summed E-state index contributed by atoms with van der Waals surface area (Å²) in [6, 6.07) is 7.07. The Morgan fingerprint density at radius 1 is 1.06 bits per heavy atom. The van der Waals surface area contributed by atoms with Crippen molar-refractivity contribution in [1.82, 2.24) is 9.80 Å². The third-order valence-corrected chi connectivity index (χ3v) is 6.47. The molecule has 2 aliphatic rings. The highest BCUT2D eigenvalue weighted by molar-refractivity contribution is 6.35. The predicted molar refractivity (Wildman–Crippen MR) is 129 cm³/mol. The van der Waals surface area contributed by atoms with Crippen molar-refractivity contribution in [2.75, 3.05) is 31.6 Å². The SMILES string of the molecule is CCCCCCCCN1C(=O)C(c2ccc(NC(C)=O)cc2)=C(N2CCCC(CO)C2)C1=O. The van der Waals surface area contributed by atoms with Crippen molar-refractivity contribution in [2.24, 2.45) is 5.92 Å². The Kier molecular flexibility index (Phi) is 9.06. The monoisotopic (exact) mass is 455 g/mol. The summed E-state index contributed by atoms with van der Waals surface area (Å²) >= 11 is 0. The first-order chi connectivity index (χ1) is 16.0. The zero-order chi connectivity index (χ0) is 23.8. The Labute approximate surface area is 196 Å². The van der Waals surface area contributed by atoms with E-state index in [0.717, 1.165) is 32.1 Å². The Balaban J connectivity index is 1.83. The van der Waals surface area contributed by atoms with E-state index in [0.29, 0.717) is 42.2 Å². The number of hydrogen-bond donors (Lipinski definition) is 2. The van der Waals surface area contributed by atoms with Crippen LogP contribution in [0, 0.1) is 5.92 Å². The smallest absolute Gasteiger partial charge is 0.277 e. The van der Waals surface area contributed by atoms with E-state index in [2.05, 4.69) is 12.2 Å². The summed E-state index contributed by atoms with van der Waals surface area (Å²) < 4.78 is 0. The third kappa shape index (κ3) is 6.22. The molecular formula is C26H37N3O4. The van der Waals surface area contributed by atoms with E-state index >= 15 is 0 Å². The van der Waals surface area contributed by atoms with E-state index in [1.165, 1.54) is 31.1 Å². The van der Waals surface area contributed by atoms with Gasteiger partial charge in [-0.25, -0.2) is 0 Å². The van der Waals surface area contributed by atoms with Gasteiger partial charge in [0.2, 0.25) is 5.91 Å². The maximum atomic E-state index is 13.5. The van der Waals surface area contributed by atoms with E-state index in [4.69, 9.17) is 0 Å². The molecule has 180 valence electrons. The number of anilines is 1. The summed E-state index contributed by atoms with van der Waals surface area (Å²) in [6.07, 6.45) is 8.31. The number of hydrogen-bond acceptors (Lipinski definition) is 5. The number of nitrogens with zero attached hydrogens (tertiary/aromatic N) is 2. The van der Waals surface area contributed by atoms with Gasteiger partial charge in [0, 0.05) is 38.9 Å². The molecule has 7 heteroatoms. The van der Waals surface area contributed by atoms with Gasteiger partial charge in [0.05, 0.1) is 5.57 Å². The van der Waals surface area contributed by atoms with Crippen molar-refractivity contribution >= 4 is 29.0 Å².